The van der Waals surface area contributed by atoms with Gasteiger partial charge in [0.15, 0.2) is 11.4 Å². The Bertz CT molecular complexity index is 1260. The molecule has 7 nitrogen and oxygen atoms in total. The van der Waals surface area contributed by atoms with Gasteiger partial charge in [0.1, 0.15) is 5.39 Å². The lowest BCUT2D eigenvalue weighted by molar-refractivity contribution is 0.0940. The lowest BCUT2D eigenvalue weighted by atomic mass is 10.1. The number of rotatable bonds is 4. The van der Waals surface area contributed by atoms with Crippen LogP contribution in [0.25, 0.3) is 21.8 Å². The Kier molecular flexibility index (Phi) is 4.35. The molecule has 4 rings (SSSR count). The fraction of sp³-hybridized carbons (Fsp3) is 0.190. The topological polar surface area (TPSA) is 78.2 Å². The van der Waals surface area contributed by atoms with Crippen molar-refractivity contribution in [3.8, 4) is 5.75 Å². The summed E-state index contributed by atoms with van der Waals surface area (Å²) in [6, 6.07) is 11.3. The second-order valence-corrected chi connectivity index (χ2v) is 6.58. The summed E-state index contributed by atoms with van der Waals surface area (Å²) in [5.74, 6) is -0.0189. The summed E-state index contributed by atoms with van der Waals surface area (Å²) < 4.78 is 8.85. The third-order valence-electron chi connectivity index (χ3n) is 5.01. The van der Waals surface area contributed by atoms with Gasteiger partial charge in [-0.05, 0) is 23.8 Å². The van der Waals surface area contributed by atoms with Crippen LogP contribution in [0.15, 0.2) is 53.6 Å². The summed E-state index contributed by atoms with van der Waals surface area (Å²) in [6.45, 7) is 0.352. The molecule has 0 saturated carbocycles. The van der Waals surface area contributed by atoms with E-state index in [9.17, 15) is 9.59 Å². The minimum Gasteiger partial charge on any atom is -0.493 e. The van der Waals surface area contributed by atoms with Crippen molar-refractivity contribution in [3.05, 3.63) is 70.4 Å². The molecule has 1 N–H and O–H groups in total. The first-order chi connectivity index (χ1) is 13.5. The number of para-hydroxylation sites is 1. The number of nitrogens with one attached hydrogen (secondary N) is 1. The number of carbonyl (C=O) groups excluding carboxylic acids is 1. The van der Waals surface area contributed by atoms with Crippen LogP contribution >= 0.6 is 0 Å². The highest BCUT2D eigenvalue weighted by molar-refractivity contribution is 6.12. The molecule has 28 heavy (non-hydrogen) atoms. The number of ether oxygens (including phenoxy) is 1. The number of aromatic nitrogens is 3. The Morgan fingerprint density at radius 1 is 1.11 bits per heavy atom. The number of carbonyl (C=O) groups is 1. The lowest BCUT2D eigenvalue weighted by Crippen LogP contribution is -2.25. The maximum Gasteiger partial charge on any atom is 0.272 e. The molecule has 0 aliphatic rings. The number of pyridine rings is 2. The fourth-order valence-corrected chi connectivity index (χ4v) is 3.64. The molecule has 1 aromatic carbocycles. The SMILES string of the molecule is COc1c(C(=O)NCc2ccncc2)n(C)c2c1c(=O)n(C)c1ccccc21. The zero-order chi connectivity index (χ0) is 19.8. The van der Waals surface area contributed by atoms with E-state index >= 15 is 0 Å². The molecule has 0 aliphatic heterocycles. The van der Waals surface area contributed by atoms with E-state index in [0.717, 1.165) is 16.5 Å². The first kappa shape index (κ1) is 17.8. The smallest absolute Gasteiger partial charge is 0.272 e. The van der Waals surface area contributed by atoms with Gasteiger partial charge in [0.25, 0.3) is 11.5 Å². The van der Waals surface area contributed by atoms with Gasteiger partial charge in [-0.2, -0.15) is 0 Å². The Morgan fingerprint density at radius 3 is 2.54 bits per heavy atom. The van der Waals surface area contributed by atoms with E-state index in [-0.39, 0.29) is 17.2 Å². The van der Waals surface area contributed by atoms with E-state index < -0.39 is 0 Å². The van der Waals surface area contributed by atoms with Gasteiger partial charge < -0.3 is 19.2 Å². The summed E-state index contributed by atoms with van der Waals surface area (Å²) in [4.78, 5) is 30.0. The minimum absolute atomic E-state index is 0.200. The van der Waals surface area contributed by atoms with Gasteiger partial charge in [-0.1, -0.05) is 18.2 Å². The number of nitrogens with zero attached hydrogens (tertiary/aromatic N) is 3. The van der Waals surface area contributed by atoms with Crippen molar-refractivity contribution in [2.45, 2.75) is 6.54 Å². The molecule has 0 saturated heterocycles. The van der Waals surface area contributed by atoms with Gasteiger partial charge in [-0.3, -0.25) is 14.6 Å². The maximum atomic E-state index is 13.0. The molecule has 0 fully saturated rings. The van der Waals surface area contributed by atoms with Crippen molar-refractivity contribution >= 4 is 27.7 Å². The second kappa shape index (κ2) is 6.84. The number of benzene rings is 1. The molecule has 142 valence electrons. The van der Waals surface area contributed by atoms with Crippen LogP contribution in [0.5, 0.6) is 5.75 Å². The molecular weight excluding hydrogens is 356 g/mol. The van der Waals surface area contributed by atoms with Crippen LogP contribution in [-0.4, -0.2) is 27.1 Å². The molecule has 0 spiro atoms. The predicted octanol–water partition coefficient (Wildman–Crippen LogP) is 2.36. The van der Waals surface area contributed by atoms with Crippen LogP contribution in [-0.2, 0) is 20.6 Å². The van der Waals surface area contributed by atoms with Gasteiger partial charge >= 0.3 is 0 Å². The first-order valence-electron chi connectivity index (χ1n) is 8.85. The summed E-state index contributed by atoms with van der Waals surface area (Å²) in [5, 5.41) is 4.18. The quantitative estimate of drug-likeness (QED) is 0.593. The van der Waals surface area contributed by atoms with Crippen molar-refractivity contribution in [1.29, 1.82) is 0 Å². The summed E-state index contributed by atoms with van der Waals surface area (Å²) in [6.07, 6.45) is 3.35. The monoisotopic (exact) mass is 376 g/mol. The number of amides is 1. The van der Waals surface area contributed by atoms with Crippen LogP contribution in [0.3, 0.4) is 0 Å². The van der Waals surface area contributed by atoms with Crippen LogP contribution in [0, 0.1) is 0 Å². The van der Waals surface area contributed by atoms with E-state index in [1.165, 1.54) is 7.11 Å². The van der Waals surface area contributed by atoms with Crippen LogP contribution in [0.4, 0.5) is 0 Å². The summed E-state index contributed by atoms with van der Waals surface area (Å²) in [5.41, 5.74) is 2.54. The number of hydrogen-bond acceptors (Lipinski definition) is 4. The lowest BCUT2D eigenvalue weighted by Gasteiger charge is -2.09. The Balaban J connectivity index is 1.90. The summed E-state index contributed by atoms with van der Waals surface area (Å²) in [7, 11) is 4.97. The molecular formula is C21H20N4O3. The molecule has 0 aliphatic carbocycles. The van der Waals surface area contributed by atoms with Gasteiger partial charge in [-0.15, -0.1) is 0 Å². The highest BCUT2D eigenvalue weighted by Crippen LogP contribution is 2.34. The van der Waals surface area contributed by atoms with Crippen LogP contribution in [0.2, 0.25) is 0 Å². The normalized spacial score (nSPS) is 11.1. The largest absolute Gasteiger partial charge is 0.493 e. The molecule has 0 bridgehead atoms. The molecule has 1 amide bonds. The number of methoxy groups -OCH3 is 1. The van der Waals surface area contributed by atoms with Gasteiger partial charge in [0.05, 0.1) is 18.1 Å². The van der Waals surface area contributed by atoms with Crippen molar-refractivity contribution in [2.24, 2.45) is 14.1 Å². The van der Waals surface area contributed by atoms with E-state index in [1.54, 1.807) is 35.6 Å². The molecule has 3 aromatic heterocycles. The fourth-order valence-electron chi connectivity index (χ4n) is 3.64. The van der Waals surface area contributed by atoms with E-state index in [2.05, 4.69) is 10.3 Å². The van der Waals surface area contributed by atoms with Crippen LogP contribution < -0.4 is 15.6 Å². The van der Waals surface area contributed by atoms with E-state index in [1.807, 2.05) is 36.4 Å². The number of hydrogen-bond donors (Lipinski definition) is 1. The van der Waals surface area contributed by atoms with Gasteiger partial charge in [-0.25, -0.2) is 0 Å². The minimum atomic E-state index is -0.307. The Labute approximate surface area is 161 Å². The second-order valence-electron chi connectivity index (χ2n) is 6.58. The highest BCUT2D eigenvalue weighted by Gasteiger charge is 2.26. The Morgan fingerprint density at radius 2 is 1.82 bits per heavy atom. The van der Waals surface area contributed by atoms with E-state index in [4.69, 9.17) is 4.74 Å². The molecule has 0 unspecified atom stereocenters. The highest BCUT2D eigenvalue weighted by atomic mass is 16.5. The van der Waals surface area contributed by atoms with Gasteiger partial charge in [0, 0.05) is 38.4 Å². The molecule has 4 aromatic rings. The maximum absolute atomic E-state index is 13.0. The molecule has 0 atom stereocenters. The third-order valence-corrected chi connectivity index (χ3v) is 5.01. The predicted molar refractivity (Wildman–Crippen MR) is 108 cm³/mol. The first-order valence-corrected chi connectivity index (χ1v) is 8.85. The third kappa shape index (κ3) is 2.63. The van der Waals surface area contributed by atoms with Crippen molar-refractivity contribution in [1.82, 2.24) is 19.4 Å². The van der Waals surface area contributed by atoms with Gasteiger partial charge in [0.2, 0.25) is 0 Å². The standard InChI is InChI=1S/C21H20N4O3/c1-24-15-7-5-4-6-14(15)17-16(21(24)27)19(28-3)18(25(17)2)20(26)23-12-13-8-10-22-11-9-13/h4-11H,12H2,1-3H3,(H,23,26). The summed E-state index contributed by atoms with van der Waals surface area (Å²) >= 11 is 0. The zero-order valence-electron chi connectivity index (χ0n) is 15.9. The molecule has 3 heterocycles. The molecule has 7 heteroatoms. The van der Waals surface area contributed by atoms with Crippen LogP contribution in [0.1, 0.15) is 16.1 Å². The van der Waals surface area contributed by atoms with E-state index in [0.29, 0.717) is 23.1 Å². The average Bonchev–Trinajstić information content (AvgIpc) is 3.03. The zero-order valence-corrected chi connectivity index (χ0v) is 15.9. The van der Waals surface area contributed by atoms with Crippen molar-refractivity contribution in [3.63, 3.8) is 0 Å². The van der Waals surface area contributed by atoms with Crippen molar-refractivity contribution in [2.75, 3.05) is 7.11 Å². The average molecular weight is 376 g/mol. The number of aryl methyl sites for hydroxylation is 2. The number of fused-ring (bicyclic) bond motifs is 3. The van der Waals surface area contributed by atoms with Crippen molar-refractivity contribution < 1.29 is 9.53 Å². The Hall–Kier alpha value is -3.61. The molecule has 0 radical (unpaired) electrons.